The fourth-order valence-electron chi connectivity index (χ4n) is 10.3. The minimum absolute atomic E-state index is 0.559. The third-order valence-electron chi connectivity index (χ3n) is 13.2. The van der Waals surface area contributed by atoms with Gasteiger partial charge < -0.3 is 0 Å². The first kappa shape index (κ1) is 34.0. The Morgan fingerprint density at radius 2 is 0.966 bits per heavy atom. The van der Waals surface area contributed by atoms with Gasteiger partial charge in [0, 0.05) is 17.3 Å². The predicted octanol–water partition coefficient (Wildman–Crippen LogP) is 15.6. The van der Waals surface area contributed by atoms with Crippen LogP contribution in [0.15, 0.2) is 200 Å². The molecule has 2 unspecified atom stereocenters. The second-order valence-electron chi connectivity index (χ2n) is 16.4. The van der Waals surface area contributed by atoms with Crippen LogP contribution in [0.5, 0.6) is 0 Å². The molecule has 2 atom stereocenters. The summed E-state index contributed by atoms with van der Waals surface area (Å²) in [5, 5.41) is 4.99. The van der Waals surface area contributed by atoms with E-state index in [4.69, 9.17) is 4.98 Å². The number of nitrogens with zero attached hydrogens (tertiary/aromatic N) is 1. The van der Waals surface area contributed by atoms with Crippen LogP contribution in [0.1, 0.15) is 53.4 Å². The summed E-state index contributed by atoms with van der Waals surface area (Å²) in [6.45, 7) is 0. The highest BCUT2D eigenvalue weighted by molar-refractivity contribution is 6.21. The molecule has 0 spiro atoms. The van der Waals surface area contributed by atoms with Crippen molar-refractivity contribution in [1.29, 1.82) is 0 Å². The average molecular weight is 752 g/mol. The van der Waals surface area contributed by atoms with E-state index >= 15 is 0 Å². The molecule has 3 aliphatic carbocycles. The van der Waals surface area contributed by atoms with Gasteiger partial charge in [0.05, 0.1) is 5.69 Å². The lowest BCUT2D eigenvalue weighted by Gasteiger charge is -2.24. The SMILES string of the molecule is C1=CC2=C(CC1)c1cc(-c3ccc(-c4ccc(-c5c6ccccc6c(-c6ccccc6)c6ccccc56)cn4)cc3)ccc1-c1ccccc1C1CC1c1ccccc12. The van der Waals surface area contributed by atoms with Gasteiger partial charge in [-0.25, -0.2) is 0 Å². The van der Waals surface area contributed by atoms with E-state index < -0.39 is 0 Å². The van der Waals surface area contributed by atoms with Gasteiger partial charge in [0.25, 0.3) is 0 Å². The Balaban J connectivity index is 0.928. The molecule has 0 N–H and O–H groups in total. The van der Waals surface area contributed by atoms with Crippen LogP contribution in [0.2, 0.25) is 0 Å². The molecule has 59 heavy (non-hydrogen) atoms. The highest BCUT2D eigenvalue weighted by Crippen LogP contribution is 2.59. The van der Waals surface area contributed by atoms with Crippen LogP contribution in [0, 0.1) is 0 Å². The van der Waals surface area contributed by atoms with Gasteiger partial charge in [-0.15, -0.1) is 0 Å². The largest absolute Gasteiger partial charge is 0.256 e. The summed E-state index contributed by atoms with van der Waals surface area (Å²) in [4.78, 5) is 5.10. The van der Waals surface area contributed by atoms with Gasteiger partial charge in [0.15, 0.2) is 0 Å². The first-order chi connectivity index (χ1) is 29.3. The number of allylic oxidation sites excluding steroid dienone is 4. The van der Waals surface area contributed by atoms with E-state index in [0.29, 0.717) is 11.8 Å². The number of rotatable bonds is 4. The van der Waals surface area contributed by atoms with Gasteiger partial charge >= 0.3 is 0 Å². The molecule has 1 fully saturated rings. The van der Waals surface area contributed by atoms with Crippen LogP contribution in [0.25, 0.3) is 88.5 Å². The number of aromatic nitrogens is 1. The number of hydrogen-bond donors (Lipinski definition) is 0. The maximum Gasteiger partial charge on any atom is 0.0702 e. The van der Waals surface area contributed by atoms with E-state index in [9.17, 15) is 0 Å². The van der Waals surface area contributed by atoms with Gasteiger partial charge in [-0.1, -0.05) is 182 Å². The fraction of sp³-hybridized carbons (Fsp3) is 0.0862. The zero-order chi connectivity index (χ0) is 38.9. The van der Waals surface area contributed by atoms with Crippen LogP contribution in [-0.2, 0) is 0 Å². The van der Waals surface area contributed by atoms with E-state index in [2.05, 4.69) is 200 Å². The smallest absolute Gasteiger partial charge is 0.0702 e. The van der Waals surface area contributed by atoms with Crippen LogP contribution < -0.4 is 0 Å². The minimum atomic E-state index is 0.559. The third-order valence-corrected chi connectivity index (χ3v) is 13.2. The van der Waals surface area contributed by atoms with Crippen molar-refractivity contribution in [2.45, 2.75) is 31.1 Å². The first-order valence-corrected chi connectivity index (χ1v) is 21.1. The summed E-state index contributed by atoms with van der Waals surface area (Å²) in [5.74, 6) is 1.14. The summed E-state index contributed by atoms with van der Waals surface area (Å²) in [5.41, 5.74) is 20.8. The molecular formula is C58H41N. The Bertz CT molecular complexity index is 3110. The minimum Gasteiger partial charge on any atom is -0.256 e. The number of fused-ring (bicyclic) bond motifs is 11. The Morgan fingerprint density at radius 1 is 0.407 bits per heavy atom. The summed E-state index contributed by atoms with van der Waals surface area (Å²) in [6.07, 6.45) is 10.1. The van der Waals surface area contributed by atoms with E-state index in [1.165, 1.54) is 100 Å². The number of hydrogen-bond acceptors (Lipinski definition) is 1. The summed E-state index contributed by atoms with van der Waals surface area (Å²) >= 11 is 0. The second kappa shape index (κ2) is 13.8. The fourth-order valence-corrected chi connectivity index (χ4v) is 10.3. The molecule has 0 amide bonds. The van der Waals surface area contributed by atoms with E-state index in [0.717, 1.165) is 29.7 Å². The van der Waals surface area contributed by atoms with Crippen molar-refractivity contribution in [3.05, 3.63) is 223 Å². The molecule has 0 radical (unpaired) electrons. The van der Waals surface area contributed by atoms with Gasteiger partial charge in [-0.2, -0.15) is 0 Å². The quantitative estimate of drug-likeness (QED) is 0.163. The first-order valence-electron chi connectivity index (χ1n) is 21.1. The predicted molar refractivity (Wildman–Crippen MR) is 248 cm³/mol. The zero-order valence-electron chi connectivity index (χ0n) is 32.8. The lowest BCUT2D eigenvalue weighted by molar-refractivity contribution is 1.01. The molecule has 278 valence electrons. The highest BCUT2D eigenvalue weighted by atomic mass is 14.7. The summed E-state index contributed by atoms with van der Waals surface area (Å²) in [6, 6.07) is 67.4. The van der Waals surface area contributed by atoms with Crippen molar-refractivity contribution in [1.82, 2.24) is 4.98 Å². The van der Waals surface area contributed by atoms with Crippen molar-refractivity contribution < 1.29 is 0 Å². The maximum atomic E-state index is 5.10. The van der Waals surface area contributed by atoms with Crippen molar-refractivity contribution in [2.75, 3.05) is 0 Å². The molecular weight excluding hydrogens is 711 g/mol. The van der Waals surface area contributed by atoms with E-state index in [1.807, 2.05) is 0 Å². The van der Waals surface area contributed by atoms with Crippen LogP contribution in [0.3, 0.4) is 0 Å². The molecule has 0 bridgehead atoms. The lowest BCUT2D eigenvalue weighted by Crippen LogP contribution is -2.03. The molecule has 9 aromatic rings. The number of pyridine rings is 1. The average Bonchev–Trinajstić information content (AvgIpc) is 4.12. The van der Waals surface area contributed by atoms with Crippen molar-refractivity contribution in [3.8, 4) is 55.8 Å². The highest BCUT2D eigenvalue weighted by Gasteiger charge is 2.42. The van der Waals surface area contributed by atoms with E-state index in [1.54, 1.807) is 0 Å². The molecule has 1 heteroatoms. The molecule has 0 aliphatic heterocycles. The van der Waals surface area contributed by atoms with Gasteiger partial charge in [-0.3, -0.25) is 4.98 Å². The van der Waals surface area contributed by atoms with Crippen molar-refractivity contribution in [2.24, 2.45) is 0 Å². The second-order valence-corrected chi connectivity index (χ2v) is 16.4. The van der Waals surface area contributed by atoms with Gasteiger partial charge in [-0.05, 0) is 137 Å². The van der Waals surface area contributed by atoms with Crippen LogP contribution in [0.4, 0.5) is 0 Å². The van der Waals surface area contributed by atoms with Crippen molar-refractivity contribution in [3.63, 3.8) is 0 Å². The molecule has 8 aromatic carbocycles. The molecule has 3 aliphatic rings. The van der Waals surface area contributed by atoms with Gasteiger partial charge in [0.1, 0.15) is 0 Å². The Morgan fingerprint density at radius 3 is 1.64 bits per heavy atom. The van der Waals surface area contributed by atoms with Crippen LogP contribution >= 0.6 is 0 Å². The summed E-state index contributed by atoms with van der Waals surface area (Å²) in [7, 11) is 0. The normalized spacial score (nSPS) is 16.5. The Kier molecular flexibility index (Phi) is 7.94. The standard InChI is InChI=1S/C58H41N/c1-2-14-39(15-3-1)57-49-22-10-12-24-51(49)58(52-25-13-11-23-50(52)57)41-31-33-56(59-36-41)38-28-26-37(27-29-38)40-30-32-48-44-18-6-9-21-47(44)55-35-54(55)46-20-8-5-17-43(46)42-16-4-7-19-45(42)53(48)34-40/h1-6,8-18,20-34,36,54-55H,7,19,35H2. The monoisotopic (exact) mass is 751 g/mol. The molecule has 1 nitrogen and oxygen atoms in total. The van der Waals surface area contributed by atoms with Gasteiger partial charge in [0.2, 0.25) is 0 Å². The third kappa shape index (κ3) is 5.64. The Labute approximate surface area is 345 Å². The maximum absolute atomic E-state index is 5.10. The molecule has 12 rings (SSSR count). The van der Waals surface area contributed by atoms with Crippen molar-refractivity contribution >= 4 is 32.7 Å². The van der Waals surface area contributed by atoms with E-state index in [-0.39, 0.29) is 0 Å². The topological polar surface area (TPSA) is 12.9 Å². The molecule has 1 saturated carbocycles. The molecule has 1 aromatic heterocycles. The Hall–Kier alpha value is -7.09. The zero-order valence-corrected chi connectivity index (χ0v) is 32.8. The molecule has 0 saturated heterocycles. The number of benzene rings is 8. The summed E-state index contributed by atoms with van der Waals surface area (Å²) < 4.78 is 0. The molecule has 1 heterocycles. The lowest BCUT2D eigenvalue weighted by atomic mass is 9.79. The van der Waals surface area contributed by atoms with Crippen LogP contribution in [-0.4, -0.2) is 4.98 Å².